The molecule has 1 amide bonds. The molecule has 1 saturated heterocycles. The van der Waals surface area contributed by atoms with Gasteiger partial charge in [-0.1, -0.05) is 247 Å². The Bertz CT molecular complexity index is 1590. The molecule has 0 aromatic heterocycles. The number of allylic oxidation sites excluding steroid dienone is 13. The van der Waals surface area contributed by atoms with Crippen LogP contribution in [0, 0.1) is 0 Å². The zero-order valence-corrected chi connectivity index (χ0v) is 49.8. The molecule has 8 atom stereocenters. The molecule has 8 unspecified atom stereocenters. The van der Waals surface area contributed by atoms with E-state index in [0.29, 0.717) is 12.8 Å². The quantitative estimate of drug-likeness (QED) is 0.0195. The molecule has 0 aromatic carbocycles. The first-order valence-corrected chi connectivity index (χ1v) is 31.9. The van der Waals surface area contributed by atoms with E-state index in [4.69, 9.17) is 14.2 Å². The van der Waals surface area contributed by atoms with E-state index in [-0.39, 0.29) is 19.4 Å². The van der Waals surface area contributed by atoms with Crippen LogP contribution in [0.3, 0.4) is 0 Å². The first-order valence-electron chi connectivity index (χ1n) is 31.9. The van der Waals surface area contributed by atoms with Crippen LogP contribution in [0.4, 0.5) is 0 Å². The van der Waals surface area contributed by atoms with Crippen LogP contribution < -0.4 is 5.32 Å². The summed E-state index contributed by atoms with van der Waals surface area (Å²) in [5.41, 5.74) is 0. The number of rotatable bonds is 53. The van der Waals surface area contributed by atoms with Crippen molar-refractivity contribution in [1.82, 2.24) is 5.32 Å². The molecule has 0 radical (unpaired) electrons. The van der Waals surface area contributed by atoms with Gasteiger partial charge in [0.05, 0.1) is 25.4 Å². The number of ether oxygens (including phenoxy) is 3. The smallest absolute Gasteiger partial charge is 0.306 e. The van der Waals surface area contributed by atoms with Gasteiger partial charge in [-0.05, 0) is 96.3 Å². The molecule has 0 saturated carbocycles. The largest absolute Gasteiger partial charge is 0.454 e. The molecule has 1 rings (SSSR count). The first-order chi connectivity index (χ1) is 38.2. The van der Waals surface area contributed by atoms with Crippen LogP contribution in [0.15, 0.2) is 85.1 Å². The third-order valence-electron chi connectivity index (χ3n) is 14.5. The fraction of sp³-hybridized carbons (Fsp3) is 0.761. The van der Waals surface area contributed by atoms with Gasteiger partial charge < -0.3 is 45.1 Å². The van der Waals surface area contributed by atoms with E-state index in [2.05, 4.69) is 86.8 Å². The molecule has 11 heteroatoms. The van der Waals surface area contributed by atoms with E-state index in [0.717, 1.165) is 77.0 Å². The summed E-state index contributed by atoms with van der Waals surface area (Å²) in [5.74, 6) is -1.26. The lowest BCUT2D eigenvalue weighted by atomic mass is 9.99. The predicted octanol–water partition coefficient (Wildman–Crippen LogP) is 15.3. The average molecular weight is 1100 g/mol. The number of hydrogen-bond donors (Lipinski definition) is 6. The Morgan fingerprint density at radius 1 is 0.500 bits per heavy atom. The maximum absolute atomic E-state index is 13.4. The van der Waals surface area contributed by atoms with Gasteiger partial charge in [0.1, 0.15) is 24.4 Å². The van der Waals surface area contributed by atoms with Gasteiger partial charge in [-0.3, -0.25) is 9.59 Å². The summed E-state index contributed by atoms with van der Waals surface area (Å²) >= 11 is 0. The summed E-state index contributed by atoms with van der Waals surface area (Å²) in [7, 11) is 0. The van der Waals surface area contributed by atoms with Gasteiger partial charge in [0, 0.05) is 6.42 Å². The number of aliphatic hydroxyl groups excluding tert-OH is 5. The second kappa shape index (κ2) is 54.4. The third kappa shape index (κ3) is 41.8. The Kier molecular flexibility index (Phi) is 50.8. The summed E-state index contributed by atoms with van der Waals surface area (Å²) in [6, 6.07) is -1.06. The molecule has 1 heterocycles. The summed E-state index contributed by atoms with van der Waals surface area (Å²) < 4.78 is 17.6. The predicted molar refractivity (Wildman–Crippen MR) is 324 cm³/mol. The van der Waals surface area contributed by atoms with Gasteiger partial charge in [-0.15, -0.1) is 0 Å². The van der Waals surface area contributed by atoms with E-state index in [1.807, 2.05) is 18.2 Å². The maximum Gasteiger partial charge on any atom is 0.306 e. The summed E-state index contributed by atoms with van der Waals surface area (Å²) in [4.78, 5) is 26.5. The number of nitrogens with one attached hydrogen (secondary N) is 1. The number of carbonyl (C=O) groups excluding carboxylic acids is 2. The molecule has 1 fully saturated rings. The molecule has 450 valence electrons. The Morgan fingerprint density at radius 2 is 0.885 bits per heavy atom. The lowest BCUT2D eigenvalue weighted by Crippen LogP contribution is -2.61. The minimum Gasteiger partial charge on any atom is -0.454 e. The summed E-state index contributed by atoms with van der Waals surface area (Å²) in [6.45, 7) is 5.70. The van der Waals surface area contributed by atoms with Crippen molar-refractivity contribution >= 4 is 11.9 Å². The van der Waals surface area contributed by atoms with Crippen LogP contribution in [0.1, 0.15) is 265 Å². The lowest BCUT2D eigenvalue weighted by molar-refractivity contribution is -0.305. The second-order valence-corrected chi connectivity index (χ2v) is 21.8. The van der Waals surface area contributed by atoms with Crippen molar-refractivity contribution in [3.05, 3.63) is 85.1 Å². The Morgan fingerprint density at radius 3 is 1.35 bits per heavy atom. The lowest BCUT2D eigenvalue weighted by Gasteiger charge is -2.41. The minimum atomic E-state index is -1.63. The van der Waals surface area contributed by atoms with Crippen molar-refractivity contribution < 1.29 is 49.3 Å². The highest BCUT2D eigenvalue weighted by Crippen LogP contribution is 2.26. The van der Waals surface area contributed by atoms with Crippen molar-refractivity contribution in [2.75, 3.05) is 13.2 Å². The third-order valence-corrected chi connectivity index (χ3v) is 14.5. The second-order valence-electron chi connectivity index (χ2n) is 21.8. The van der Waals surface area contributed by atoms with E-state index < -0.39 is 67.4 Å². The van der Waals surface area contributed by atoms with Crippen LogP contribution in [0.2, 0.25) is 0 Å². The van der Waals surface area contributed by atoms with Crippen molar-refractivity contribution in [3.63, 3.8) is 0 Å². The van der Waals surface area contributed by atoms with Gasteiger partial charge >= 0.3 is 5.97 Å². The maximum atomic E-state index is 13.4. The monoisotopic (exact) mass is 1100 g/mol. The first kappa shape index (κ1) is 72.9. The molecule has 0 aromatic rings. The molecule has 1 aliphatic rings. The van der Waals surface area contributed by atoms with Gasteiger partial charge in [-0.2, -0.15) is 0 Å². The van der Waals surface area contributed by atoms with Crippen molar-refractivity contribution in [2.45, 2.75) is 314 Å². The number of amides is 1. The number of esters is 1. The van der Waals surface area contributed by atoms with E-state index in [1.54, 1.807) is 6.08 Å². The highest BCUT2D eigenvalue weighted by atomic mass is 16.7. The Balaban J connectivity index is 2.69. The molecule has 1 aliphatic heterocycles. The normalized spacial score (nSPS) is 19.5. The van der Waals surface area contributed by atoms with Gasteiger partial charge in [0.2, 0.25) is 5.91 Å². The topological polar surface area (TPSA) is 175 Å². The number of hydrogen-bond acceptors (Lipinski definition) is 10. The number of aliphatic hydroxyl groups is 5. The standard InChI is InChI=1S/C67H117NO10/c1-4-7-10-13-16-19-22-25-27-29-30-31-32-33-35-37-40-43-46-49-52-55-62(72)78-65-64(74)63(73)61(56-69)77-67(65)76-57-58(59(70)53-50-47-44-41-38-24-21-18-15-12-9-6-3)68-66(75)60(71)54-51-48-45-42-39-36-34-28-26-23-20-17-14-11-8-5-2/h16-17,19-20,25-28,36,39,45,48,50,53,58-61,63-65,67,69-71,73-74H,4-15,18,21-24,29-35,37-38,40-44,46-47,49,51-52,54-57H2,1-3H3,(H,68,75)/b19-16-,20-17-,27-25-,28-26-,39-36-,48-45-,53-50+. The van der Waals surface area contributed by atoms with Gasteiger partial charge in [-0.25, -0.2) is 0 Å². The van der Waals surface area contributed by atoms with Crippen LogP contribution in [-0.2, 0) is 23.8 Å². The molecule has 78 heavy (non-hydrogen) atoms. The van der Waals surface area contributed by atoms with E-state index in [9.17, 15) is 35.1 Å². The zero-order valence-electron chi connectivity index (χ0n) is 49.8. The van der Waals surface area contributed by atoms with Crippen molar-refractivity contribution in [3.8, 4) is 0 Å². The van der Waals surface area contributed by atoms with Crippen LogP contribution >= 0.6 is 0 Å². The molecule has 11 nitrogen and oxygen atoms in total. The molecule has 0 spiro atoms. The number of unbranched alkanes of at least 4 members (excludes halogenated alkanes) is 27. The van der Waals surface area contributed by atoms with E-state index in [1.165, 1.54) is 141 Å². The van der Waals surface area contributed by atoms with Gasteiger partial charge in [0.15, 0.2) is 12.4 Å². The Labute approximate surface area is 476 Å². The van der Waals surface area contributed by atoms with Crippen LogP contribution in [-0.4, -0.2) is 99.6 Å². The SMILES string of the molecule is CCCCC/C=C\C/C=C\C/C=C\C/C=C\CCC(O)C(=O)NC(COC1OC(CO)C(O)C(O)C1OC(=O)CCCCCCCCCCCCC/C=C\C/C=C\CCCCC)C(O)/C=C/CCCCCCCCCCCC. The molecular formula is C67H117NO10. The fourth-order valence-corrected chi connectivity index (χ4v) is 9.44. The molecule has 0 aliphatic carbocycles. The zero-order chi connectivity index (χ0) is 56.8. The molecule has 0 bridgehead atoms. The van der Waals surface area contributed by atoms with E-state index >= 15 is 0 Å². The summed E-state index contributed by atoms with van der Waals surface area (Å²) in [6.07, 6.45) is 60.5. The number of carbonyl (C=O) groups is 2. The van der Waals surface area contributed by atoms with Crippen molar-refractivity contribution in [2.24, 2.45) is 0 Å². The fourth-order valence-electron chi connectivity index (χ4n) is 9.44. The highest BCUT2D eigenvalue weighted by molar-refractivity contribution is 5.80. The van der Waals surface area contributed by atoms with Crippen LogP contribution in [0.5, 0.6) is 0 Å². The summed E-state index contributed by atoms with van der Waals surface area (Å²) in [5, 5.41) is 56.9. The van der Waals surface area contributed by atoms with Crippen molar-refractivity contribution in [1.29, 1.82) is 0 Å². The van der Waals surface area contributed by atoms with Crippen LogP contribution in [0.25, 0.3) is 0 Å². The molecule has 6 N–H and O–H groups in total. The average Bonchev–Trinajstić information content (AvgIpc) is 3.44. The Hall–Kier alpha value is -3.16. The highest BCUT2D eigenvalue weighted by Gasteiger charge is 2.47. The molecular weight excluding hydrogens is 979 g/mol. The van der Waals surface area contributed by atoms with Gasteiger partial charge in [0.25, 0.3) is 0 Å². The minimum absolute atomic E-state index is 0.112.